The zero-order chi connectivity index (χ0) is 52.5. The number of anilines is 3. The molecule has 0 N–H and O–H groups in total. The van der Waals surface area contributed by atoms with Crippen LogP contribution in [0.15, 0.2) is 195 Å². The van der Waals surface area contributed by atoms with E-state index < -0.39 is 29.1 Å². The lowest BCUT2D eigenvalue weighted by Crippen LogP contribution is -2.57. The second kappa shape index (κ2) is 21.1. The molecule has 1 aromatic heterocycles. The second-order valence-electron chi connectivity index (χ2n) is 21.0. The van der Waals surface area contributed by atoms with Crippen LogP contribution in [-0.2, 0) is 40.9 Å². The molecule has 3 atom stereocenters. The average Bonchev–Trinajstić information content (AvgIpc) is 4.36. The Kier molecular flexibility index (Phi) is 13.6. The third-order valence-corrected chi connectivity index (χ3v) is 15.8. The van der Waals surface area contributed by atoms with Crippen LogP contribution in [0.4, 0.5) is 30.6 Å². The van der Waals surface area contributed by atoms with Crippen LogP contribution in [0.25, 0.3) is 21.5 Å². The van der Waals surface area contributed by atoms with Crippen molar-refractivity contribution in [3.05, 3.63) is 229 Å². The molecule has 3 saturated heterocycles. The highest BCUT2D eigenvalue weighted by molar-refractivity contribution is 5.98. The van der Waals surface area contributed by atoms with Gasteiger partial charge in [-0.25, -0.2) is 23.2 Å². The second-order valence-corrected chi connectivity index (χ2v) is 21.0. The number of piperazine rings is 1. The van der Waals surface area contributed by atoms with Crippen molar-refractivity contribution >= 4 is 44.6 Å². The summed E-state index contributed by atoms with van der Waals surface area (Å²) in [5.74, 6) is -0.765. The predicted octanol–water partition coefficient (Wildman–Crippen LogP) is 12.0. The maximum Gasteiger partial charge on any atom is 0.325 e. The highest BCUT2D eigenvalue weighted by Crippen LogP contribution is 2.46. The Morgan fingerprint density at radius 2 is 1.23 bits per heavy atom. The number of ether oxygens (including phenoxy) is 3. The highest BCUT2D eigenvalue weighted by Gasteiger charge is 2.58. The minimum Gasteiger partial charge on any atom is -0.488 e. The van der Waals surface area contributed by atoms with Gasteiger partial charge in [0.2, 0.25) is 0 Å². The molecule has 0 radical (unpaired) electrons. The fourth-order valence-electron chi connectivity index (χ4n) is 12.1. The molecule has 11 nitrogen and oxygen atoms in total. The first-order chi connectivity index (χ1) is 37.6. The standard InChI is InChI=1S/C64H61F2N7O4/c1-45(2)72-60(36-46-10-4-3-5-11-46)63(38-47-16-18-49-12-6-8-14-51(49)34-47,39-48-17-19-50-13-7-9-15-52(50)35-48)73(62(72)74)56-23-21-54(22-24-56)69-30-32-70(33-31-69)55-25-27-57(28-26-55)75-40-61-76-42-64(77-61,41-71-44-67-43-68-71)58-29-20-53(65)37-59(58)66/h3-29,34-35,37,43-45,60-61H,30-33,36,38-42H2,1-2H3/t60-,61-,64+/m0/s1. The maximum atomic E-state index is 15.6. The SMILES string of the molecule is CC(C)N1C(=O)N(c2ccc(N3CCN(c4ccc(OC[C@H]5OC[C@](Cn6cncn6)(c6ccc(F)cc6F)O5)cc4)CC3)cc2)C(Cc2ccc3ccccc3c2)(Cc2ccc3ccccc3c2)[C@@H]1Cc1ccccc1. The number of hydrogen-bond acceptors (Lipinski definition) is 8. The van der Waals surface area contributed by atoms with Gasteiger partial charge in [0.05, 0.1) is 24.7 Å². The number of urea groups is 1. The van der Waals surface area contributed by atoms with Crippen molar-refractivity contribution in [2.75, 3.05) is 54.1 Å². The number of benzene rings is 8. The number of hydrogen-bond donors (Lipinski definition) is 0. The Hall–Kier alpha value is -8.13. The summed E-state index contributed by atoms with van der Waals surface area (Å²) in [6.45, 7) is 7.76. The maximum absolute atomic E-state index is 15.6. The van der Waals surface area contributed by atoms with E-state index in [2.05, 4.69) is 195 Å². The zero-order valence-corrected chi connectivity index (χ0v) is 43.3. The van der Waals surface area contributed by atoms with Crippen LogP contribution in [0.1, 0.15) is 36.1 Å². The summed E-state index contributed by atoms with van der Waals surface area (Å²) in [5, 5.41) is 8.95. The van der Waals surface area contributed by atoms with Gasteiger partial charge in [-0.1, -0.05) is 121 Å². The Morgan fingerprint density at radius 1 is 0.649 bits per heavy atom. The molecular formula is C64H61F2N7O4. The molecule has 0 spiro atoms. The van der Waals surface area contributed by atoms with Crippen LogP contribution in [0.2, 0.25) is 0 Å². The molecule has 0 bridgehead atoms. The van der Waals surface area contributed by atoms with Crippen LogP contribution >= 0.6 is 0 Å². The largest absolute Gasteiger partial charge is 0.488 e. The zero-order valence-electron chi connectivity index (χ0n) is 43.3. The summed E-state index contributed by atoms with van der Waals surface area (Å²) in [5.41, 5.74) is 4.92. The van der Waals surface area contributed by atoms with E-state index in [-0.39, 0.29) is 43.4 Å². The van der Waals surface area contributed by atoms with Gasteiger partial charge in [-0.3, -0.25) is 4.90 Å². The Balaban J connectivity index is 0.771. The first-order valence-electron chi connectivity index (χ1n) is 26.6. The monoisotopic (exact) mass is 1030 g/mol. The number of halogens is 2. The van der Waals surface area contributed by atoms with Gasteiger partial charge in [0.1, 0.15) is 42.2 Å². The molecule has 3 fully saturated rings. The van der Waals surface area contributed by atoms with E-state index in [1.165, 1.54) is 67.7 Å². The van der Waals surface area contributed by atoms with Gasteiger partial charge in [0.15, 0.2) is 6.29 Å². The number of aromatic nitrogens is 3. The summed E-state index contributed by atoms with van der Waals surface area (Å²) < 4.78 is 49.1. The molecule has 3 aliphatic rings. The van der Waals surface area contributed by atoms with E-state index in [0.717, 1.165) is 49.3 Å². The fraction of sp³-hybridized carbons (Fsp3) is 0.266. The Bertz CT molecular complexity index is 3420. The third-order valence-electron chi connectivity index (χ3n) is 15.8. The van der Waals surface area contributed by atoms with Gasteiger partial charge in [0, 0.05) is 60.9 Å². The van der Waals surface area contributed by atoms with Gasteiger partial charge >= 0.3 is 6.03 Å². The fourth-order valence-corrected chi connectivity index (χ4v) is 12.1. The van der Waals surface area contributed by atoms with E-state index >= 15 is 9.18 Å². The number of rotatable bonds is 16. The molecule has 4 heterocycles. The molecule has 13 heteroatoms. The van der Waals surface area contributed by atoms with Crippen molar-refractivity contribution in [1.29, 1.82) is 0 Å². The van der Waals surface area contributed by atoms with E-state index in [4.69, 9.17) is 14.2 Å². The van der Waals surface area contributed by atoms with E-state index in [9.17, 15) is 4.39 Å². The molecule has 390 valence electrons. The molecule has 2 amide bonds. The minimum absolute atomic E-state index is 0.0173. The molecular weight excluding hydrogens is 969 g/mol. The molecule has 9 aromatic rings. The third kappa shape index (κ3) is 10.1. The lowest BCUT2D eigenvalue weighted by atomic mass is 9.75. The Morgan fingerprint density at radius 3 is 1.82 bits per heavy atom. The van der Waals surface area contributed by atoms with Gasteiger partial charge in [-0.15, -0.1) is 0 Å². The number of nitrogens with zero attached hydrogens (tertiary/aromatic N) is 7. The first-order valence-corrected chi connectivity index (χ1v) is 26.6. The van der Waals surface area contributed by atoms with E-state index in [1.54, 1.807) is 0 Å². The molecule has 77 heavy (non-hydrogen) atoms. The van der Waals surface area contributed by atoms with Crippen LogP contribution in [0, 0.1) is 11.6 Å². The molecule has 12 rings (SSSR count). The lowest BCUT2D eigenvalue weighted by molar-refractivity contribution is -0.117. The van der Waals surface area contributed by atoms with Crippen molar-refractivity contribution in [1.82, 2.24) is 19.7 Å². The van der Waals surface area contributed by atoms with Crippen molar-refractivity contribution in [3.63, 3.8) is 0 Å². The Labute approximate surface area is 447 Å². The lowest BCUT2D eigenvalue weighted by Gasteiger charge is -2.43. The number of carbonyl (C=O) groups excluding carboxylic acids is 1. The number of carbonyl (C=O) groups is 1. The van der Waals surface area contributed by atoms with Crippen LogP contribution < -0.4 is 19.4 Å². The summed E-state index contributed by atoms with van der Waals surface area (Å²) in [4.78, 5) is 28.7. The summed E-state index contributed by atoms with van der Waals surface area (Å²) in [7, 11) is 0. The van der Waals surface area contributed by atoms with Gasteiger partial charge in [-0.2, -0.15) is 5.10 Å². The number of amides is 2. The van der Waals surface area contributed by atoms with E-state index in [1.807, 2.05) is 12.1 Å². The quantitative estimate of drug-likeness (QED) is 0.0946. The predicted molar refractivity (Wildman–Crippen MR) is 299 cm³/mol. The smallest absolute Gasteiger partial charge is 0.325 e. The topological polar surface area (TPSA) is 88.4 Å². The van der Waals surface area contributed by atoms with Crippen LogP contribution in [-0.4, -0.2) is 89.0 Å². The summed E-state index contributed by atoms with van der Waals surface area (Å²) >= 11 is 0. The summed E-state index contributed by atoms with van der Waals surface area (Å²) in [6, 6.07) is 61.3. The van der Waals surface area contributed by atoms with Crippen molar-refractivity contribution in [3.8, 4) is 5.75 Å². The highest BCUT2D eigenvalue weighted by atomic mass is 19.1. The van der Waals surface area contributed by atoms with Crippen molar-refractivity contribution in [2.45, 2.75) is 69.2 Å². The van der Waals surface area contributed by atoms with Gasteiger partial charge < -0.3 is 28.9 Å². The normalized spacial score (nSPS) is 19.5. The van der Waals surface area contributed by atoms with Gasteiger partial charge in [0.25, 0.3) is 0 Å². The number of fused-ring (bicyclic) bond motifs is 2. The minimum atomic E-state index is -1.26. The molecule has 3 aliphatic heterocycles. The first kappa shape index (κ1) is 49.7. The van der Waals surface area contributed by atoms with Crippen LogP contribution in [0.3, 0.4) is 0 Å². The average molecular weight is 1030 g/mol. The van der Waals surface area contributed by atoms with Crippen molar-refractivity contribution < 1.29 is 27.8 Å². The van der Waals surface area contributed by atoms with Crippen LogP contribution in [0.5, 0.6) is 5.75 Å². The molecule has 8 aromatic carbocycles. The van der Waals surface area contributed by atoms with E-state index in [0.29, 0.717) is 25.0 Å². The molecule has 0 unspecified atom stereocenters. The van der Waals surface area contributed by atoms with Crippen molar-refractivity contribution in [2.24, 2.45) is 0 Å². The molecule has 0 aliphatic carbocycles. The molecule has 0 saturated carbocycles. The summed E-state index contributed by atoms with van der Waals surface area (Å²) in [6.07, 6.45) is 4.12. The van der Waals surface area contributed by atoms with Gasteiger partial charge in [-0.05, 0) is 126 Å².